The molecule has 0 saturated heterocycles. The van der Waals surface area contributed by atoms with Crippen molar-refractivity contribution in [3.63, 3.8) is 0 Å². The first-order valence-corrected chi connectivity index (χ1v) is 9.85. The third kappa shape index (κ3) is 6.14. The molecule has 2 aromatic rings. The molecular weight excluding hydrogens is 405 g/mol. The fraction of sp³-hybridized carbons (Fsp3) is 0.235. The lowest BCUT2D eigenvalue weighted by molar-refractivity contribution is -0.137. The molecule has 146 valence electrons. The van der Waals surface area contributed by atoms with Crippen LogP contribution >= 0.6 is 11.6 Å². The molecule has 10 heteroatoms. The molecular formula is C17H16ClF3N2O3S. The van der Waals surface area contributed by atoms with Crippen LogP contribution in [0.5, 0.6) is 0 Å². The fourth-order valence-corrected chi connectivity index (χ4v) is 3.19. The molecule has 0 bridgehead atoms. The molecule has 0 aromatic heterocycles. The van der Waals surface area contributed by atoms with Crippen molar-refractivity contribution in [3.05, 3.63) is 64.7 Å². The minimum atomic E-state index is -4.54. The number of benzene rings is 2. The number of hydrogen-bond acceptors (Lipinski definition) is 3. The highest BCUT2D eigenvalue weighted by molar-refractivity contribution is 7.92. The van der Waals surface area contributed by atoms with Crippen molar-refractivity contribution < 1.29 is 26.4 Å². The number of carbonyl (C=O) groups is 1. The Morgan fingerprint density at radius 1 is 1.07 bits per heavy atom. The average Bonchev–Trinajstić information content (AvgIpc) is 2.57. The van der Waals surface area contributed by atoms with Crippen LogP contribution < -0.4 is 9.62 Å². The Bertz CT molecular complexity index is 899. The summed E-state index contributed by atoms with van der Waals surface area (Å²) in [6, 6.07) is 10.2. The van der Waals surface area contributed by atoms with Crippen LogP contribution in [0.25, 0.3) is 0 Å². The SMILES string of the molecule is CS(=O)(=O)N(CC(=O)NCc1ccc(Cl)cc1)c1ccc(C(F)(F)F)cc1. The van der Waals surface area contributed by atoms with Crippen LogP contribution in [-0.4, -0.2) is 27.1 Å². The summed E-state index contributed by atoms with van der Waals surface area (Å²) in [5.41, 5.74) is -0.188. The number of anilines is 1. The van der Waals surface area contributed by atoms with E-state index in [1.807, 2.05) is 0 Å². The topological polar surface area (TPSA) is 66.5 Å². The molecule has 1 amide bonds. The first kappa shape index (κ1) is 21.0. The number of nitrogens with zero attached hydrogens (tertiary/aromatic N) is 1. The van der Waals surface area contributed by atoms with E-state index in [9.17, 15) is 26.4 Å². The molecule has 0 fully saturated rings. The Hall–Kier alpha value is -2.26. The van der Waals surface area contributed by atoms with E-state index in [0.29, 0.717) is 5.02 Å². The van der Waals surface area contributed by atoms with Crippen LogP contribution in [0.2, 0.25) is 5.02 Å². The Morgan fingerprint density at radius 3 is 2.11 bits per heavy atom. The maximum Gasteiger partial charge on any atom is 0.416 e. The lowest BCUT2D eigenvalue weighted by Gasteiger charge is -2.22. The number of alkyl halides is 3. The van der Waals surface area contributed by atoms with Gasteiger partial charge in [-0.15, -0.1) is 0 Å². The van der Waals surface area contributed by atoms with E-state index in [4.69, 9.17) is 11.6 Å². The molecule has 0 aliphatic carbocycles. The lowest BCUT2D eigenvalue weighted by Crippen LogP contribution is -2.40. The van der Waals surface area contributed by atoms with E-state index in [0.717, 1.165) is 40.4 Å². The van der Waals surface area contributed by atoms with E-state index in [1.54, 1.807) is 24.3 Å². The number of halogens is 4. The number of sulfonamides is 1. The van der Waals surface area contributed by atoms with Crippen molar-refractivity contribution in [2.75, 3.05) is 17.1 Å². The molecule has 0 saturated carbocycles. The summed E-state index contributed by atoms with van der Waals surface area (Å²) >= 11 is 5.77. The summed E-state index contributed by atoms with van der Waals surface area (Å²) in [6.07, 6.45) is -3.67. The van der Waals surface area contributed by atoms with Gasteiger partial charge < -0.3 is 5.32 Å². The van der Waals surface area contributed by atoms with Gasteiger partial charge in [-0.3, -0.25) is 9.10 Å². The van der Waals surface area contributed by atoms with Gasteiger partial charge in [-0.05, 0) is 42.0 Å². The van der Waals surface area contributed by atoms with Crippen molar-refractivity contribution in [1.82, 2.24) is 5.32 Å². The van der Waals surface area contributed by atoms with Gasteiger partial charge in [-0.2, -0.15) is 13.2 Å². The second kappa shape index (κ2) is 8.18. The number of hydrogen-bond donors (Lipinski definition) is 1. The normalized spacial score (nSPS) is 11.9. The molecule has 5 nitrogen and oxygen atoms in total. The summed E-state index contributed by atoms with van der Waals surface area (Å²) in [7, 11) is -3.88. The van der Waals surface area contributed by atoms with Crippen LogP contribution in [0, 0.1) is 0 Å². The van der Waals surface area contributed by atoms with Crippen molar-refractivity contribution in [2.24, 2.45) is 0 Å². The molecule has 2 rings (SSSR count). The highest BCUT2D eigenvalue weighted by atomic mass is 35.5. The minimum Gasteiger partial charge on any atom is -0.350 e. The van der Waals surface area contributed by atoms with Gasteiger partial charge >= 0.3 is 6.18 Å². The van der Waals surface area contributed by atoms with Crippen LogP contribution in [0.1, 0.15) is 11.1 Å². The van der Waals surface area contributed by atoms with E-state index < -0.39 is 34.2 Å². The van der Waals surface area contributed by atoms with Gasteiger partial charge in [0.1, 0.15) is 6.54 Å². The predicted molar refractivity (Wildman–Crippen MR) is 96.9 cm³/mol. The van der Waals surface area contributed by atoms with Gasteiger partial charge in [0, 0.05) is 11.6 Å². The van der Waals surface area contributed by atoms with E-state index in [1.165, 1.54) is 0 Å². The highest BCUT2D eigenvalue weighted by Crippen LogP contribution is 2.30. The van der Waals surface area contributed by atoms with Gasteiger partial charge in [0.2, 0.25) is 15.9 Å². The first-order chi connectivity index (χ1) is 12.5. The fourth-order valence-electron chi connectivity index (χ4n) is 2.21. The summed E-state index contributed by atoms with van der Waals surface area (Å²) in [6.45, 7) is -0.404. The van der Waals surface area contributed by atoms with Crippen LogP contribution in [0.3, 0.4) is 0 Å². The third-order valence-electron chi connectivity index (χ3n) is 3.57. The maximum absolute atomic E-state index is 12.6. The van der Waals surface area contributed by atoms with E-state index >= 15 is 0 Å². The molecule has 0 unspecified atom stereocenters. The lowest BCUT2D eigenvalue weighted by atomic mass is 10.2. The van der Waals surface area contributed by atoms with Gasteiger partial charge in [0.15, 0.2) is 0 Å². The second-order valence-corrected chi connectivity index (χ2v) is 8.06. The van der Waals surface area contributed by atoms with E-state index in [-0.39, 0.29) is 12.2 Å². The first-order valence-electron chi connectivity index (χ1n) is 7.63. The highest BCUT2D eigenvalue weighted by Gasteiger charge is 2.30. The molecule has 0 aliphatic rings. The summed E-state index contributed by atoms with van der Waals surface area (Å²) in [4.78, 5) is 12.1. The Balaban J connectivity index is 2.10. The molecule has 0 spiro atoms. The largest absolute Gasteiger partial charge is 0.416 e. The maximum atomic E-state index is 12.6. The Kier molecular flexibility index (Phi) is 6.38. The van der Waals surface area contributed by atoms with Crippen molar-refractivity contribution >= 4 is 33.2 Å². The zero-order chi connectivity index (χ0) is 20.2. The van der Waals surface area contributed by atoms with Crippen LogP contribution in [0.4, 0.5) is 18.9 Å². The number of nitrogens with one attached hydrogen (secondary N) is 1. The van der Waals surface area contributed by atoms with Crippen molar-refractivity contribution in [2.45, 2.75) is 12.7 Å². The van der Waals surface area contributed by atoms with Crippen molar-refractivity contribution in [3.8, 4) is 0 Å². The van der Waals surface area contributed by atoms with Gasteiger partial charge in [-0.1, -0.05) is 23.7 Å². The Morgan fingerprint density at radius 2 is 1.63 bits per heavy atom. The standard InChI is InChI=1S/C17H16ClF3N2O3S/c1-27(25,26)23(15-8-4-13(5-9-15)17(19,20)21)11-16(24)22-10-12-2-6-14(18)7-3-12/h2-9H,10-11H2,1H3,(H,22,24). The predicted octanol–water partition coefficient (Wildman–Crippen LogP) is 3.44. The minimum absolute atomic E-state index is 0.0351. The van der Waals surface area contributed by atoms with Gasteiger partial charge in [0.25, 0.3) is 0 Å². The number of carbonyl (C=O) groups excluding carboxylic acids is 1. The zero-order valence-electron chi connectivity index (χ0n) is 14.1. The van der Waals surface area contributed by atoms with E-state index in [2.05, 4.69) is 5.32 Å². The molecule has 0 radical (unpaired) electrons. The summed E-state index contributed by atoms with van der Waals surface area (Å²) in [5.74, 6) is -0.602. The zero-order valence-corrected chi connectivity index (χ0v) is 15.7. The smallest absolute Gasteiger partial charge is 0.350 e. The van der Waals surface area contributed by atoms with Gasteiger partial charge in [0.05, 0.1) is 17.5 Å². The number of amides is 1. The molecule has 2 aromatic carbocycles. The summed E-state index contributed by atoms with van der Waals surface area (Å²) in [5, 5.41) is 3.10. The van der Waals surface area contributed by atoms with Crippen molar-refractivity contribution in [1.29, 1.82) is 0 Å². The molecule has 0 aliphatic heterocycles. The second-order valence-electron chi connectivity index (χ2n) is 5.72. The molecule has 27 heavy (non-hydrogen) atoms. The molecule has 0 atom stereocenters. The quantitative estimate of drug-likeness (QED) is 0.778. The third-order valence-corrected chi connectivity index (χ3v) is 4.97. The number of rotatable bonds is 6. The molecule has 0 heterocycles. The van der Waals surface area contributed by atoms with Gasteiger partial charge in [-0.25, -0.2) is 8.42 Å². The van der Waals surface area contributed by atoms with Crippen LogP contribution in [0.15, 0.2) is 48.5 Å². The Labute approximate surface area is 159 Å². The average molecular weight is 421 g/mol. The summed E-state index contributed by atoms with van der Waals surface area (Å²) < 4.78 is 62.6. The molecule has 1 N–H and O–H groups in total. The monoisotopic (exact) mass is 420 g/mol. The van der Waals surface area contributed by atoms with Crippen LogP contribution in [-0.2, 0) is 27.5 Å².